The Morgan fingerprint density at radius 3 is 1.29 bits per heavy atom. The molecule has 45 heavy (non-hydrogen) atoms. The third kappa shape index (κ3) is 18.9. The van der Waals surface area contributed by atoms with Crippen molar-refractivity contribution in [1.82, 2.24) is 0 Å². The molecule has 0 aliphatic heterocycles. The van der Waals surface area contributed by atoms with Gasteiger partial charge in [-0.25, -0.2) is 0 Å². The zero-order chi connectivity index (χ0) is 35.3. The summed E-state index contributed by atoms with van der Waals surface area (Å²) >= 11 is 0. The Bertz CT molecular complexity index is 691. The molecule has 4 rings (SSSR count). The van der Waals surface area contributed by atoms with E-state index in [0.717, 1.165) is 76.9 Å². The lowest BCUT2D eigenvalue weighted by atomic mass is 9.76. The summed E-state index contributed by atoms with van der Waals surface area (Å²) in [7, 11) is 0. The van der Waals surface area contributed by atoms with Crippen molar-refractivity contribution in [3.63, 3.8) is 0 Å². The smallest absolute Gasteiger partial charge is 0.0320 e. The summed E-state index contributed by atoms with van der Waals surface area (Å²) in [5.74, 6) is 12.4. The van der Waals surface area contributed by atoms with Gasteiger partial charge in [-0.3, -0.25) is 0 Å². The van der Waals surface area contributed by atoms with Crippen LogP contribution in [0.4, 0.5) is 0 Å². The standard InChI is InChI=1S/C10H18.C10H20.C9H20.C8H16.C8H18/c1-7(2)10-6-8-3-4-9(10)5-8;1-9(2)7-8-10-5-3-4-6-10;1-7(2)8(3)9(4,5)6;1-6(2)7-5-8(7,3)4;1-6(2)8(5)7(3)4/h7-10H,3-6H2,1-2H3;9-10H,3-8H2,1-2H3;7-8H,1-6H3;6-7H,5H2,1-4H3;6-8H,1-5H3. The molecule has 5 atom stereocenters. The van der Waals surface area contributed by atoms with E-state index in [1.54, 1.807) is 25.7 Å². The molecule has 0 nitrogen and oxygen atoms in total. The molecule has 4 saturated carbocycles. The lowest BCUT2D eigenvalue weighted by Gasteiger charge is -2.30. The molecule has 0 spiro atoms. The van der Waals surface area contributed by atoms with Gasteiger partial charge in [-0.2, -0.15) is 0 Å². The van der Waals surface area contributed by atoms with Crippen molar-refractivity contribution in [2.24, 2.45) is 87.8 Å². The summed E-state index contributed by atoms with van der Waals surface area (Å²) in [6, 6.07) is 0. The Labute approximate surface area is 289 Å². The van der Waals surface area contributed by atoms with Crippen molar-refractivity contribution in [3.8, 4) is 0 Å². The van der Waals surface area contributed by atoms with Gasteiger partial charge in [0.05, 0.1) is 0 Å². The number of rotatable bonds is 8. The van der Waals surface area contributed by atoms with Gasteiger partial charge in [-0.05, 0) is 113 Å². The maximum atomic E-state index is 2.39. The minimum Gasteiger partial charge on any atom is -0.0628 e. The molecule has 0 heteroatoms. The Hall–Kier alpha value is 0. The first-order valence-corrected chi connectivity index (χ1v) is 20.5. The first kappa shape index (κ1) is 45.0. The SMILES string of the molecule is CC(C)C(C)C(C)(C)C.CC(C)C(C)C(C)C.CC(C)C1CC1(C)C.CC(C)C1CC2CCC1C2.CC(C)CCC1CCCC1. The number of hydrogen-bond acceptors (Lipinski definition) is 0. The van der Waals surface area contributed by atoms with Crippen molar-refractivity contribution < 1.29 is 0 Å². The summed E-state index contributed by atoms with van der Waals surface area (Å²) < 4.78 is 0. The highest BCUT2D eigenvalue weighted by Crippen LogP contribution is 2.55. The molecular formula is C45H92. The van der Waals surface area contributed by atoms with Gasteiger partial charge in [-0.1, -0.05) is 176 Å². The second-order valence-corrected chi connectivity index (χ2v) is 20.5. The van der Waals surface area contributed by atoms with E-state index in [2.05, 4.69) is 132 Å². The molecule has 272 valence electrons. The molecule has 5 unspecified atom stereocenters. The van der Waals surface area contributed by atoms with E-state index in [1.807, 2.05) is 0 Å². The van der Waals surface area contributed by atoms with Gasteiger partial charge in [0.2, 0.25) is 0 Å². The van der Waals surface area contributed by atoms with E-state index < -0.39 is 0 Å². The Morgan fingerprint density at radius 1 is 0.622 bits per heavy atom. The average molecular weight is 633 g/mol. The molecule has 4 fully saturated rings. The molecule has 0 N–H and O–H groups in total. The van der Waals surface area contributed by atoms with E-state index in [9.17, 15) is 0 Å². The second kappa shape index (κ2) is 21.2. The number of hydrogen-bond donors (Lipinski definition) is 0. The van der Waals surface area contributed by atoms with Crippen molar-refractivity contribution in [2.45, 2.75) is 202 Å². The van der Waals surface area contributed by atoms with Crippen LogP contribution in [0.2, 0.25) is 0 Å². The highest BCUT2D eigenvalue weighted by molar-refractivity contribution is 4.96. The van der Waals surface area contributed by atoms with Gasteiger partial charge >= 0.3 is 0 Å². The first-order valence-electron chi connectivity index (χ1n) is 20.5. The van der Waals surface area contributed by atoms with Crippen LogP contribution >= 0.6 is 0 Å². The normalized spacial score (nSPS) is 26.0. The fourth-order valence-electron chi connectivity index (χ4n) is 8.39. The van der Waals surface area contributed by atoms with Crippen LogP contribution in [-0.2, 0) is 0 Å². The minimum absolute atomic E-state index is 0.480. The molecule has 0 amide bonds. The Balaban J connectivity index is 0.000000540. The predicted molar refractivity (Wildman–Crippen MR) is 209 cm³/mol. The third-order valence-corrected chi connectivity index (χ3v) is 13.1. The van der Waals surface area contributed by atoms with Gasteiger partial charge in [0.1, 0.15) is 0 Å². The van der Waals surface area contributed by atoms with E-state index in [-0.39, 0.29) is 0 Å². The summed E-state index contributed by atoms with van der Waals surface area (Å²) in [6.45, 7) is 44.1. The van der Waals surface area contributed by atoms with Crippen molar-refractivity contribution in [2.75, 3.05) is 0 Å². The molecule has 0 radical (unpaired) electrons. The van der Waals surface area contributed by atoms with Crippen LogP contribution in [0.15, 0.2) is 0 Å². The molecule has 0 heterocycles. The van der Waals surface area contributed by atoms with Crippen molar-refractivity contribution >= 4 is 0 Å². The van der Waals surface area contributed by atoms with E-state index in [1.165, 1.54) is 44.9 Å². The van der Waals surface area contributed by atoms with Crippen LogP contribution < -0.4 is 0 Å². The monoisotopic (exact) mass is 633 g/mol. The first-order chi connectivity index (χ1) is 20.5. The average Bonchev–Trinajstić information content (AvgIpc) is 3.42. The van der Waals surface area contributed by atoms with Gasteiger partial charge in [0.25, 0.3) is 0 Å². The molecular weight excluding hydrogens is 540 g/mol. The molecule has 4 aliphatic carbocycles. The van der Waals surface area contributed by atoms with Crippen LogP contribution in [0.5, 0.6) is 0 Å². The molecule has 4 aliphatic rings. The zero-order valence-corrected chi connectivity index (χ0v) is 35.3. The van der Waals surface area contributed by atoms with Gasteiger partial charge in [-0.15, -0.1) is 0 Å². The van der Waals surface area contributed by atoms with Crippen molar-refractivity contribution in [1.29, 1.82) is 0 Å². The van der Waals surface area contributed by atoms with Crippen LogP contribution in [0.25, 0.3) is 0 Å². The van der Waals surface area contributed by atoms with Crippen LogP contribution in [-0.4, -0.2) is 0 Å². The molecule has 0 aromatic rings. The topological polar surface area (TPSA) is 0 Å². The van der Waals surface area contributed by atoms with E-state index >= 15 is 0 Å². The summed E-state index contributed by atoms with van der Waals surface area (Å²) in [5, 5.41) is 0. The fraction of sp³-hybridized carbons (Fsp3) is 1.00. The Kier molecular flexibility index (Phi) is 21.2. The molecule has 0 saturated heterocycles. The van der Waals surface area contributed by atoms with E-state index in [4.69, 9.17) is 0 Å². The second-order valence-electron chi connectivity index (χ2n) is 20.5. The van der Waals surface area contributed by atoms with Crippen LogP contribution in [0.3, 0.4) is 0 Å². The van der Waals surface area contributed by atoms with Gasteiger partial charge < -0.3 is 0 Å². The lowest BCUT2D eigenvalue weighted by molar-refractivity contribution is 0.199. The molecule has 0 aromatic heterocycles. The largest absolute Gasteiger partial charge is 0.0628 e. The molecule has 2 bridgehead atoms. The van der Waals surface area contributed by atoms with Gasteiger partial charge in [0.15, 0.2) is 0 Å². The number of fused-ring (bicyclic) bond motifs is 2. The maximum absolute atomic E-state index is 2.39. The summed E-state index contributed by atoms with van der Waals surface area (Å²) in [6.07, 6.45) is 16.7. The van der Waals surface area contributed by atoms with Crippen LogP contribution in [0.1, 0.15) is 202 Å². The zero-order valence-electron chi connectivity index (χ0n) is 35.3. The van der Waals surface area contributed by atoms with Gasteiger partial charge in [0, 0.05) is 0 Å². The van der Waals surface area contributed by atoms with E-state index in [0.29, 0.717) is 10.8 Å². The lowest BCUT2D eigenvalue weighted by Crippen LogP contribution is -2.21. The molecule has 0 aromatic carbocycles. The fourth-order valence-corrected chi connectivity index (χ4v) is 8.39. The minimum atomic E-state index is 0.480. The quantitative estimate of drug-likeness (QED) is 0.250. The summed E-state index contributed by atoms with van der Waals surface area (Å²) in [5.41, 5.74) is 1.17. The highest BCUT2D eigenvalue weighted by atomic mass is 14.5. The predicted octanol–water partition coefficient (Wildman–Crippen LogP) is 15.6. The third-order valence-electron chi connectivity index (χ3n) is 13.1. The van der Waals surface area contributed by atoms with Crippen LogP contribution in [0, 0.1) is 87.8 Å². The maximum Gasteiger partial charge on any atom is -0.0320 e. The highest BCUT2D eigenvalue weighted by Gasteiger charge is 2.46. The van der Waals surface area contributed by atoms with Crippen molar-refractivity contribution in [3.05, 3.63) is 0 Å². The Morgan fingerprint density at radius 2 is 1.11 bits per heavy atom. The summed E-state index contributed by atoms with van der Waals surface area (Å²) in [4.78, 5) is 0.